The molecule has 34 heavy (non-hydrogen) atoms. The van der Waals surface area contributed by atoms with Crippen LogP contribution in [0.5, 0.6) is 17.2 Å². The minimum atomic E-state index is -0.265. The molecule has 0 radical (unpaired) electrons. The van der Waals surface area contributed by atoms with E-state index >= 15 is 0 Å². The van der Waals surface area contributed by atoms with Crippen LogP contribution in [0.1, 0.15) is 20.8 Å². The van der Waals surface area contributed by atoms with Gasteiger partial charge in [0.15, 0.2) is 17.3 Å². The number of benzene rings is 2. The molecule has 0 aliphatic rings. The number of imidazole rings is 1. The Hall–Kier alpha value is -4.04. The van der Waals surface area contributed by atoms with Gasteiger partial charge in [0.1, 0.15) is 0 Å². The van der Waals surface area contributed by atoms with Crippen molar-refractivity contribution in [3.63, 3.8) is 0 Å². The summed E-state index contributed by atoms with van der Waals surface area (Å²) in [5.74, 6) is 1.28. The molecule has 0 fully saturated rings. The Kier molecular flexibility index (Phi) is 6.70. The molecular formula is C26H24N2O5S. The maximum absolute atomic E-state index is 12.9. The highest BCUT2D eigenvalue weighted by Gasteiger charge is 2.15. The van der Waals surface area contributed by atoms with E-state index in [0.717, 1.165) is 21.0 Å². The Balaban J connectivity index is 1.65. The summed E-state index contributed by atoms with van der Waals surface area (Å²) in [7, 11) is 4.61. The topological polar surface area (TPSA) is 82.6 Å². The average Bonchev–Trinajstić information content (AvgIpc) is 3.46. The summed E-state index contributed by atoms with van der Waals surface area (Å²) in [6, 6.07) is 14.5. The second-order valence-electron chi connectivity index (χ2n) is 7.43. The lowest BCUT2D eigenvalue weighted by Crippen LogP contribution is -2.16. The van der Waals surface area contributed by atoms with Gasteiger partial charge in [0, 0.05) is 16.6 Å². The molecule has 0 atom stereocenters. The zero-order chi connectivity index (χ0) is 24.2. The number of nitrogens with zero attached hydrogens (tertiary/aromatic N) is 1. The third-order valence-corrected chi connectivity index (χ3v) is 6.30. The van der Waals surface area contributed by atoms with Gasteiger partial charge in [0.05, 0.1) is 37.6 Å². The highest BCUT2D eigenvalue weighted by Crippen LogP contribution is 2.38. The number of methoxy groups -OCH3 is 3. The van der Waals surface area contributed by atoms with Crippen LogP contribution in [-0.2, 0) is 0 Å². The third-order valence-electron chi connectivity index (χ3n) is 5.27. The van der Waals surface area contributed by atoms with Crippen LogP contribution in [0, 0.1) is 6.92 Å². The first-order valence-corrected chi connectivity index (χ1v) is 11.3. The number of allylic oxidation sites excluding steroid dienone is 1. The smallest absolute Gasteiger partial charge is 0.330 e. The van der Waals surface area contributed by atoms with E-state index in [1.165, 1.54) is 27.4 Å². The van der Waals surface area contributed by atoms with Gasteiger partial charge in [-0.2, -0.15) is 0 Å². The van der Waals surface area contributed by atoms with E-state index in [9.17, 15) is 9.59 Å². The minimum absolute atomic E-state index is 0.201. The average molecular weight is 477 g/mol. The summed E-state index contributed by atoms with van der Waals surface area (Å²) >= 11 is 1.60. The molecule has 1 N–H and O–H groups in total. The maximum Gasteiger partial charge on any atom is 0.330 e. The number of ether oxygens (including phenoxy) is 3. The van der Waals surface area contributed by atoms with Crippen LogP contribution in [0.4, 0.5) is 0 Å². The Bertz CT molecular complexity index is 1400. The number of aromatic nitrogens is 2. The fourth-order valence-corrected chi connectivity index (χ4v) is 4.52. The molecule has 0 saturated heterocycles. The molecule has 2 aromatic carbocycles. The standard InChI is InChI=1S/C26H24N2O5S/c1-16-8-11-24(34-16)20-15-27-26(30)28(20)19-7-5-6-18(14-19)21(29)10-9-17-12-22(31-2)25(33-4)23(13-17)32-3/h5-15H,1-4H3,(H,27,30). The molecular weight excluding hydrogens is 452 g/mol. The highest BCUT2D eigenvalue weighted by atomic mass is 32.1. The van der Waals surface area contributed by atoms with Crippen molar-refractivity contribution in [2.45, 2.75) is 6.92 Å². The van der Waals surface area contributed by atoms with Gasteiger partial charge < -0.3 is 19.2 Å². The van der Waals surface area contributed by atoms with Crippen LogP contribution in [0.15, 0.2) is 65.6 Å². The molecule has 174 valence electrons. The first kappa shape index (κ1) is 23.1. The highest BCUT2D eigenvalue weighted by molar-refractivity contribution is 7.15. The summed E-state index contributed by atoms with van der Waals surface area (Å²) in [5, 5.41) is 0. The summed E-state index contributed by atoms with van der Waals surface area (Å²) in [6.07, 6.45) is 4.84. The zero-order valence-corrected chi connectivity index (χ0v) is 20.1. The normalized spacial score (nSPS) is 11.1. The van der Waals surface area contributed by atoms with E-state index in [4.69, 9.17) is 14.2 Å². The van der Waals surface area contributed by atoms with E-state index in [-0.39, 0.29) is 11.5 Å². The van der Waals surface area contributed by atoms with Gasteiger partial charge in [-0.3, -0.25) is 9.36 Å². The fourth-order valence-electron chi connectivity index (χ4n) is 3.64. The lowest BCUT2D eigenvalue weighted by molar-refractivity contribution is 0.104. The minimum Gasteiger partial charge on any atom is -0.493 e. The van der Waals surface area contributed by atoms with E-state index in [2.05, 4.69) is 4.98 Å². The van der Waals surface area contributed by atoms with Gasteiger partial charge >= 0.3 is 5.69 Å². The first-order chi connectivity index (χ1) is 16.4. The lowest BCUT2D eigenvalue weighted by atomic mass is 10.1. The van der Waals surface area contributed by atoms with Crippen molar-refractivity contribution >= 4 is 23.2 Å². The van der Waals surface area contributed by atoms with Crippen molar-refractivity contribution in [3.8, 4) is 33.5 Å². The van der Waals surface area contributed by atoms with Crippen LogP contribution in [0.2, 0.25) is 0 Å². The van der Waals surface area contributed by atoms with Gasteiger partial charge in [-0.05, 0) is 55.0 Å². The second-order valence-corrected chi connectivity index (χ2v) is 8.72. The summed E-state index contributed by atoms with van der Waals surface area (Å²) in [4.78, 5) is 30.4. The number of hydrogen-bond donors (Lipinski definition) is 1. The van der Waals surface area contributed by atoms with Crippen LogP contribution in [0.25, 0.3) is 22.3 Å². The Morgan fingerprint density at radius 2 is 1.74 bits per heavy atom. The first-order valence-electron chi connectivity index (χ1n) is 10.4. The number of aromatic amines is 1. The van der Waals surface area contributed by atoms with Crippen molar-refractivity contribution in [1.82, 2.24) is 9.55 Å². The molecule has 4 aromatic rings. The van der Waals surface area contributed by atoms with E-state index in [1.807, 2.05) is 19.1 Å². The molecule has 0 aliphatic carbocycles. The number of rotatable bonds is 8. The van der Waals surface area contributed by atoms with Crippen LogP contribution in [-0.4, -0.2) is 36.7 Å². The summed E-state index contributed by atoms with van der Waals surface area (Å²) < 4.78 is 17.7. The van der Waals surface area contributed by atoms with Crippen LogP contribution in [0.3, 0.4) is 0 Å². The predicted molar refractivity (Wildman–Crippen MR) is 134 cm³/mol. The summed E-state index contributed by atoms with van der Waals surface area (Å²) in [5.41, 5.74) is 2.28. The Labute approximate surface area is 200 Å². The lowest BCUT2D eigenvalue weighted by Gasteiger charge is -2.12. The number of nitrogens with one attached hydrogen (secondary N) is 1. The number of thiophene rings is 1. The van der Waals surface area contributed by atoms with Crippen molar-refractivity contribution in [1.29, 1.82) is 0 Å². The van der Waals surface area contributed by atoms with Crippen molar-refractivity contribution in [2.24, 2.45) is 0 Å². The van der Waals surface area contributed by atoms with E-state index < -0.39 is 0 Å². The van der Waals surface area contributed by atoms with Crippen molar-refractivity contribution < 1.29 is 19.0 Å². The predicted octanol–water partition coefficient (Wildman–Crippen LogP) is 5.12. The Morgan fingerprint density at radius 1 is 1.00 bits per heavy atom. The fraction of sp³-hybridized carbons (Fsp3) is 0.154. The van der Waals surface area contributed by atoms with Gasteiger partial charge in [0.2, 0.25) is 5.75 Å². The van der Waals surface area contributed by atoms with Gasteiger partial charge in [0.25, 0.3) is 0 Å². The monoisotopic (exact) mass is 476 g/mol. The zero-order valence-electron chi connectivity index (χ0n) is 19.2. The number of H-pyrrole nitrogens is 1. The molecule has 0 unspecified atom stereocenters. The molecule has 2 aromatic heterocycles. The maximum atomic E-state index is 12.9. The van der Waals surface area contributed by atoms with Crippen molar-refractivity contribution in [3.05, 3.63) is 87.3 Å². The molecule has 0 saturated carbocycles. The number of aryl methyl sites for hydroxylation is 1. The van der Waals surface area contributed by atoms with Gasteiger partial charge in [-0.1, -0.05) is 18.2 Å². The molecule has 0 bridgehead atoms. The molecule has 0 amide bonds. The third kappa shape index (κ3) is 4.53. The second kappa shape index (κ2) is 9.84. The van der Waals surface area contributed by atoms with Crippen LogP contribution < -0.4 is 19.9 Å². The van der Waals surface area contributed by atoms with E-state index in [1.54, 1.807) is 64.6 Å². The molecule has 7 nitrogen and oxygen atoms in total. The van der Waals surface area contributed by atoms with Gasteiger partial charge in [-0.15, -0.1) is 11.3 Å². The largest absolute Gasteiger partial charge is 0.493 e. The Morgan fingerprint density at radius 3 is 2.35 bits per heavy atom. The van der Waals surface area contributed by atoms with Crippen LogP contribution >= 0.6 is 11.3 Å². The van der Waals surface area contributed by atoms with Gasteiger partial charge in [-0.25, -0.2) is 4.79 Å². The number of carbonyl (C=O) groups is 1. The quantitative estimate of drug-likeness (QED) is 0.282. The molecule has 4 rings (SSSR count). The van der Waals surface area contributed by atoms with E-state index in [0.29, 0.717) is 28.5 Å². The number of ketones is 1. The summed E-state index contributed by atoms with van der Waals surface area (Å²) in [6.45, 7) is 2.02. The number of carbonyl (C=O) groups excluding carboxylic acids is 1. The van der Waals surface area contributed by atoms with Crippen molar-refractivity contribution in [2.75, 3.05) is 21.3 Å². The molecule has 8 heteroatoms. The molecule has 2 heterocycles. The molecule has 0 aliphatic heterocycles. The SMILES string of the molecule is COc1cc(C=CC(=O)c2cccc(-n3c(-c4ccc(C)s4)c[nH]c3=O)c2)cc(OC)c1OC. The molecule has 0 spiro atoms. The number of hydrogen-bond acceptors (Lipinski definition) is 6.